The smallest absolute Gasteiger partial charge is 0.320 e. The van der Waals surface area contributed by atoms with Crippen molar-refractivity contribution >= 4 is 6.03 Å². The number of rotatable bonds is 1. The van der Waals surface area contributed by atoms with Crippen LogP contribution in [-0.2, 0) is 0 Å². The van der Waals surface area contributed by atoms with Gasteiger partial charge >= 0.3 is 6.03 Å². The van der Waals surface area contributed by atoms with Gasteiger partial charge in [-0.2, -0.15) is 0 Å². The summed E-state index contributed by atoms with van der Waals surface area (Å²) in [6.45, 7) is 8.59. The molecule has 0 aromatic heterocycles. The van der Waals surface area contributed by atoms with Crippen LogP contribution in [0.4, 0.5) is 4.79 Å². The van der Waals surface area contributed by atoms with Crippen molar-refractivity contribution in [2.24, 2.45) is 5.92 Å². The van der Waals surface area contributed by atoms with Crippen LogP contribution in [0.5, 0.6) is 0 Å². The first-order chi connectivity index (χ1) is 8.13. The van der Waals surface area contributed by atoms with E-state index in [2.05, 4.69) is 30.6 Å². The predicted octanol–water partition coefficient (Wildman–Crippen LogP) is 3.10. The van der Waals surface area contributed by atoms with Crippen molar-refractivity contribution < 1.29 is 4.79 Å². The van der Waals surface area contributed by atoms with E-state index >= 15 is 0 Å². The molecule has 98 valence electrons. The maximum absolute atomic E-state index is 12.5. The molecule has 2 amide bonds. The van der Waals surface area contributed by atoms with Gasteiger partial charge in [-0.05, 0) is 44.9 Å². The molecule has 0 spiro atoms. The van der Waals surface area contributed by atoms with Crippen molar-refractivity contribution in [3.8, 4) is 0 Å². The fourth-order valence-corrected chi connectivity index (χ4v) is 3.18. The minimum absolute atomic E-state index is 0.300. The second-order valence-corrected chi connectivity index (χ2v) is 5.85. The number of likely N-dealkylation sites (tertiary alicyclic amines) is 2. The molecule has 2 fully saturated rings. The third-order valence-electron chi connectivity index (χ3n) is 4.53. The first kappa shape index (κ1) is 12.7. The Balaban J connectivity index is 1.98. The lowest BCUT2D eigenvalue weighted by Gasteiger charge is -2.37. The van der Waals surface area contributed by atoms with E-state index < -0.39 is 0 Å². The van der Waals surface area contributed by atoms with Gasteiger partial charge in [-0.3, -0.25) is 0 Å². The SMILES string of the molecule is CCC1CCC(C)N1C(=O)N1CCC(C)CC1. The minimum Gasteiger partial charge on any atom is -0.325 e. The summed E-state index contributed by atoms with van der Waals surface area (Å²) in [5, 5.41) is 0. The van der Waals surface area contributed by atoms with Gasteiger partial charge < -0.3 is 9.80 Å². The van der Waals surface area contributed by atoms with Crippen LogP contribution in [0.3, 0.4) is 0 Å². The van der Waals surface area contributed by atoms with Crippen molar-refractivity contribution in [1.29, 1.82) is 0 Å². The van der Waals surface area contributed by atoms with E-state index in [0.29, 0.717) is 18.1 Å². The van der Waals surface area contributed by atoms with Crippen molar-refractivity contribution in [2.45, 2.75) is 65.0 Å². The number of hydrogen-bond donors (Lipinski definition) is 0. The maximum atomic E-state index is 12.5. The summed E-state index contributed by atoms with van der Waals surface area (Å²) in [4.78, 5) is 16.8. The second kappa shape index (κ2) is 5.28. The molecule has 2 atom stereocenters. The Morgan fingerprint density at radius 2 is 1.76 bits per heavy atom. The Kier molecular flexibility index (Phi) is 3.95. The average molecular weight is 238 g/mol. The molecule has 3 nitrogen and oxygen atoms in total. The summed E-state index contributed by atoms with van der Waals surface area (Å²) in [7, 11) is 0. The molecule has 0 aliphatic carbocycles. The molecule has 2 aliphatic rings. The van der Waals surface area contributed by atoms with Gasteiger partial charge in [0.25, 0.3) is 0 Å². The van der Waals surface area contributed by atoms with Gasteiger partial charge in [-0.1, -0.05) is 13.8 Å². The predicted molar refractivity (Wildman–Crippen MR) is 70.0 cm³/mol. The molecule has 17 heavy (non-hydrogen) atoms. The first-order valence-electron chi connectivity index (χ1n) is 7.20. The van der Waals surface area contributed by atoms with Crippen LogP contribution >= 0.6 is 0 Å². The molecule has 0 aromatic carbocycles. The third kappa shape index (κ3) is 2.58. The highest BCUT2D eigenvalue weighted by Crippen LogP contribution is 2.28. The van der Waals surface area contributed by atoms with Crippen molar-refractivity contribution in [3.63, 3.8) is 0 Å². The minimum atomic E-state index is 0.300. The van der Waals surface area contributed by atoms with Crippen LogP contribution in [0.15, 0.2) is 0 Å². The highest BCUT2D eigenvalue weighted by Gasteiger charge is 2.36. The lowest BCUT2D eigenvalue weighted by atomic mass is 9.99. The molecule has 2 heterocycles. The number of piperidine rings is 1. The van der Waals surface area contributed by atoms with E-state index in [4.69, 9.17) is 0 Å². The lowest BCUT2D eigenvalue weighted by Crippen LogP contribution is -2.50. The summed E-state index contributed by atoms with van der Waals surface area (Å²) in [5.41, 5.74) is 0. The molecule has 0 aromatic rings. The first-order valence-corrected chi connectivity index (χ1v) is 7.20. The Morgan fingerprint density at radius 3 is 2.35 bits per heavy atom. The molecule has 0 bridgehead atoms. The monoisotopic (exact) mass is 238 g/mol. The van der Waals surface area contributed by atoms with Gasteiger partial charge in [-0.15, -0.1) is 0 Å². The normalized spacial score (nSPS) is 31.0. The third-order valence-corrected chi connectivity index (χ3v) is 4.53. The summed E-state index contributed by atoms with van der Waals surface area (Å²) >= 11 is 0. The van der Waals surface area contributed by atoms with Crippen LogP contribution in [0.1, 0.15) is 52.9 Å². The topological polar surface area (TPSA) is 23.6 Å². The second-order valence-electron chi connectivity index (χ2n) is 5.85. The number of urea groups is 1. The molecule has 2 unspecified atom stereocenters. The van der Waals surface area contributed by atoms with Crippen LogP contribution in [-0.4, -0.2) is 41.0 Å². The fourth-order valence-electron chi connectivity index (χ4n) is 3.18. The summed E-state index contributed by atoms with van der Waals surface area (Å²) in [6.07, 6.45) is 5.80. The summed E-state index contributed by atoms with van der Waals surface area (Å²) in [6, 6.07) is 1.22. The van der Waals surface area contributed by atoms with Crippen LogP contribution < -0.4 is 0 Å². The number of carbonyl (C=O) groups is 1. The highest BCUT2D eigenvalue weighted by molar-refractivity contribution is 5.75. The van der Waals surface area contributed by atoms with Gasteiger partial charge in [-0.25, -0.2) is 4.79 Å². The maximum Gasteiger partial charge on any atom is 0.320 e. The van der Waals surface area contributed by atoms with Crippen molar-refractivity contribution in [3.05, 3.63) is 0 Å². The molecule has 2 saturated heterocycles. The zero-order chi connectivity index (χ0) is 12.4. The van der Waals surface area contributed by atoms with E-state index in [1.165, 1.54) is 25.7 Å². The molecule has 0 N–H and O–H groups in total. The van der Waals surface area contributed by atoms with E-state index in [1.54, 1.807) is 0 Å². The molecule has 0 saturated carbocycles. The van der Waals surface area contributed by atoms with E-state index in [1.807, 2.05) is 0 Å². The number of hydrogen-bond acceptors (Lipinski definition) is 1. The lowest BCUT2D eigenvalue weighted by molar-refractivity contribution is 0.117. The average Bonchev–Trinajstić information content (AvgIpc) is 2.70. The van der Waals surface area contributed by atoms with E-state index in [9.17, 15) is 4.79 Å². The standard InChI is InChI=1S/C14H26N2O/c1-4-13-6-5-12(3)16(13)14(17)15-9-7-11(2)8-10-15/h11-13H,4-10H2,1-3H3. The largest absolute Gasteiger partial charge is 0.325 e. The quantitative estimate of drug-likeness (QED) is 0.688. The Morgan fingerprint density at radius 1 is 1.12 bits per heavy atom. The van der Waals surface area contributed by atoms with Crippen LogP contribution in [0.2, 0.25) is 0 Å². The molecule has 0 radical (unpaired) electrons. The number of amides is 2. The van der Waals surface area contributed by atoms with Crippen LogP contribution in [0.25, 0.3) is 0 Å². The Hall–Kier alpha value is -0.730. The molecular weight excluding hydrogens is 212 g/mol. The van der Waals surface area contributed by atoms with Gasteiger partial charge in [0.15, 0.2) is 0 Å². The zero-order valence-electron chi connectivity index (χ0n) is 11.5. The fraction of sp³-hybridized carbons (Fsp3) is 0.929. The summed E-state index contributed by atoms with van der Waals surface area (Å²) < 4.78 is 0. The van der Waals surface area contributed by atoms with E-state index in [-0.39, 0.29) is 0 Å². The van der Waals surface area contributed by atoms with E-state index in [0.717, 1.165) is 25.4 Å². The molecule has 2 rings (SSSR count). The Bertz CT molecular complexity index is 271. The van der Waals surface area contributed by atoms with Gasteiger partial charge in [0.2, 0.25) is 0 Å². The van der Waals surface area contributed by atoms with Gasteiger partial charge in [0.1, 0.15) is 0 Å². The number of nitrogens with zero attached hydrogens (tertiary/aromatic N) is 2. The molecule has 3 heteroatoms. The van der Waals surface area contributed by atoms with Gasteiger partial charge in [0, 0.05) is 25.2 Å². The highest BCUT2D eigenvalue weighted by atomic mass is 16.2. The number of carbonyl (C=O) groups excluding carboxylic acids is 1. The Labute approximate surface area is 105 Å². The van der Waals surface area contributed by atoms with Gasteiger partial charge in [0.05, 0.1) is 0 Å². The molecular formula is C14H26N2O. The molecule has 2 aliphatic heterocycles. The van der Waals surface area contributed by atoms with Crippen molar-refractivity contribution in [1.82, 2.24) is 9.80 Å². The van der Waals surface area contributed by atoms with Crippen LogP contribution in [0, 0.1) is 5.92 Å². The zero-order valence-corrected chi connectivity index (χ0v) is 11.5. The summed E-state index contributed by atoms with van der Waals surface area (Å²) in [5.74, 6) is 0.789. The van der Waals surface area contributed by atoms with Crippen molar-refractivity contribution in [2.75, 3.05) is 13.1 Å².